The van der Waals surface area contributed by atoms with Crippen LogP contribution in [-0.2, 0) is 16.6 Å². The van der Waals surface area contributed by atoms with Crippen molar-refractivity contribution in [1.82, 2.24) is 19.8 Å². The summed E-state index contributed by atoms with van der Waals surface area (Å²) in [6.45, 7) is 1.41. The topological polar surface area (TPSA) is 76.0 Å². The maximum absolute atomic E-state index is 12.3. The van der Waals surface area contributed by atoms with E-state index in [1.165, 1.54) is 6.20 Å². The molecule has 1 aromatic heterocycles. The smallest absolute Gasteiger partial charge is 0.243 e. The highest BCUT2D eigenvalue weighted by atomic mass is 32.2. The Morgan fingerprint density at radius 2 is 2.30 bits per heavy atom. The molecule has 2 unspecified atom stereocenters. The minimum Gasteiger partial charge on any atom is -0.318 e. The van der Waals surface area contributed by atoms with Crippen molar-refractivity contribution in [3.63, 3.8) is 0 Å². The molecule has 0 spiro atoms. The summed E-state index contributed by atoms with van der Waals surface area (Å²) >= 11 is 1.81. The van der Waals surface area contributed by atoms with E-state index in [2.05, 4.69) is 21.4 Å². The molecule has 0 radical (unpaired) electrons. The zero-order valence-electron chi connectivity index (χ0n) is 11.9. The molecule has 2 rings (SSSR count). The van der Waals surface area contributed by atoms with Crippen LogP contribution in [0.4, 0.5) is 0 Å². The largest absolute Gasteiger partial charge is 0.318 e. The molecule has 1 heterocycles. The molecular weight excluding hydrogens is 296 g/mol. The van der Waals surface area contributed by atoms with Gasteiger partial charge in [0.15, 0.2) is 0 Å². The number of aromatic nitrogens is 2. The first-order valence-electron chi connectivity index (χ1n) is 6.77. The summed E-state index contributed by atoms with van der Waals surface area (Å²) in [6, 6.07) is 0.0538. The average Bonchev–Trinajstić information content (AvgIpc) is 3.04. The van der Waals surface area contributed by atoms with Gasteiger partial charge in [-0.15, -0.1) is 0 Å². The van der Waals surface area contributed by atoms with Gasteiger partial charge in [-0.1, -0.05) is 0 Å². The van der Waals surface area contributed by atoms with Crippen LogP contribution < -0.4 is 10.0 Å². The molecule has 1 saturated carbocycles. The van der Waals surface area contributed by atoms with Gasteiger partial charge in [-0.05, 0) is 32.6 Å². The number of sulfonamides is 1. The molecule has 1 aromatic rings. The molecule has 114 valence electrons. The van der Waals surface area contributed by atoms with Crippen molar-refractivity contribution in [3.05, 3.63) is 12.4 Å². The van der Waals surface area contributed by atoms with Crippen molar-refractivity contribution >= 4 is 21.8 Å². The second-order valence-corrected chi connectivity index (χ2v) is 7.88. The Kier molecular flexibility index (Phi) is 5.48. The second kappa shape index (κ2) is 6.93. The molecule has 2 atom stereocenters. The molecule has 1 aliphatic rings. The Labute approximate surface area is 124 Å². The van der Waals surface area contributed by atoms with Crippen LogP contribution in [0.1, 0.15) is 19.3 Å². The first-order chi connectivity index (χ1) is 9.55. The SMILES string of the molecule is CNCCn1cc(S(=O)(=O)NC2CCC(SC)C2)cn1. The van der Waals surface area contributed by atoms with Crippen LogP contribution >= 0.6 is 11.8 Å². The predicted molar refractivity (Wildman–Crippen MR) is 81.4 cm³/mol. The Morgan fingerprint density at radius 1 is 1.50 bits per heavy atom. The number of likely N-dealkylation sites (N-methyl/N-ethyl adjacent to an activating group) is 1. The summed E-state index contributed by atoms with van der Waals surface area (Å²) in [5.74, 6) is 0. The number of nitrogens with one attached hydrogen (secondary N) is 2. The summed E-state index contributed by atoms with van der Waals surface area (Å²) in [4.78, 5) is 0.251. The third-order valence-corrected chi connectivity index (χ3v) is 6.12. The molecule has 1 aliphatic carbocycles. The van der Waals surface area contributed by atoms with Gasteiger partial charge in [0, 0.05) is 24.0 Å². The molecule has 6 nitrogen and oxygen atoms in total. The van der Waals surface area contributed by atoms with Gasteiger partial charge in [-0.3, -0.25) is 4.68 Å². The van der Waals surface area contributed by atoms with Gasteiger partial charge in [-0.25, -0.2) is 13.1 Å². The van der Waals surface area contributed by atoms with Crippen molar-refractivity contribution in [2.24, 2.45) is 0 Å². The summed E-state index contributed by atoms with van der Waals surface area (Å²) < 4.78 is 29.0. The zero-order valence-corrected chi connectivity index (χ0v) is 13.5. The van der Waals surface area contributed by atoms with Gasteiger partial charge in [0.25, 0.3) is 0 Å². The van der Waals surface area contributed by atoms with Crippen LogP contribution in [0.5, 0.6) is 0 Å². The number of nitrogens with zero attached hydrogens (tertiary/aromatic N) is 2. The lowest BCUT2D eigenvalue weighted by atomic mass is 10.3. The van der Waals surface area contributed by atoms with E-state index in [0.717, 1.165) is 25.8 Å². The van der Waals surface area contributed by atoms with Gasteiger partial charge >= 0.3 is 0 Å². The average molecular weight is 318 g/mol. The van der Waals surface area contributed by atoms with E-state index >= 15 is 0 Å². The fraction of sp³-hybridized carbons (Fsp3) is 0.750. The highest BCUT2D eigenvalue weighted by Gasteiger charge is 2.28. The number of hydrogen-bond acceptors (Lipinski definition) is 5. The molecule has 0 saturated heterocycles. The van der Waals surface area contributed by atoms with E-state index in [0.29, 0.717) is 11.8 Å². The van der Waals surface area contributed by atoms with Crippen molar-refractivity contribution < 1.29 is 8.42 Å². The summed E-state index contributed by atoms with van der Waals surface area (Å²) in [5, 5.41) is 7.66. The Balaban J connectivity index is 1.98. The third-order valence-electron chi connectivity index (χ3n) is 3.55. The highest BCUT2D eigenvalue weighted by Crippen LogP contribution is 2.29. The van der Waals surface area contributed by atoms with Crippen LogP contribution in [0.3, 0.4) is 0 Å². The molecule has 1 fully saturated rings. The Bertz CT molecular complexity index is 529. The first kappa shape index (κ1) is 15.8. The number of hydrogen-bond donors (Lipinski definition) is 2. The van der Waals surface area contributed by atoms with Crippen molar-refractivity contribution in [2.45, 2.75) is 42.0 Å². The van der Waals surface area contributed by atoms with E-state index in [4.69, 9.17) is 0 Å². The van der Waals surface area contributed by atoms with Gasteiger partial charge in [0.2, 0.25) is 10.0 Å². The quantitative estimate of drug-likeness (QED) is 0.772. The molecule has 8 heteroatoms. The van der Waals surface area contributed by atoms with Crippen molar-refractivity contribution in [1.29, 1.82) is 0 Å². The van der Waals surface area contributed by atoms with Gasteiger partial charge < -0.3 is 5.32 Å². The maximum atomic E-state index is 12.3. The third kappa shape index (κ3) is 3.97. The minimum absolute atomic E-state index is 0.0538. The van der Waals surface area contributed by atoms with Crippen LogP contribution in [-0.4, -0.2) is 49.3 Å². The highest BCUT2D eigenvalue weighted by molar-refractivity contribution is 7.99. The number of thioether (sulfide) groups is 1. The lowest BCUT2D eigenvalue weighted by Gasteiger charge is -2.12. The second-order valence-electron chi connectivity index (χ2n) is 5.03. The fourth-order valence-electron chi connectivity index (χ4n) is 2.38. The van der Waals surface area contributed by atoms with Gasteiger partial charge in [0.1, 0.15) is 4.90 Å². The molecule has 2 N–H and O–H groups in total. The molecule has 0 aliphatic heterocycles. The van der Waals surface area contributed by atoms with Crippen LogP contribution in [0, 0.1) is 0 Å². The molecule has 0 amide bonds. The predicted octanol–water partition coefficient (Wildman–Crippen LogP) is 0.665. The van der Waals surface area contributed by atoms with E-state index in [1.807, 2.05) is 18.8 Å². The van der Waals surface area contributed by atoms with Crippen LogP contribution in [0.25, 0.3) is 0 Å². The summed E-state index contributed by atoms with van der Waals surface area (Å²) in [7, 11) is -1.59. The van der Waals surface area contributed by atoms with E-state index in [9.17, 15) is 8.42 Å². The molecule has 20 heavy (non-hydrogen) atoms. The van der Waals surface area contributed by atoms with Crippen molar-refractivity contribution in [2.75, 3.05) is 19.8 Å². The van der Waals surface area contributed by atoms with Crippen molar-refractivity contribution in [3.8, 4) is 0 Å². The van der Waals surface area contributed by atoms with E-state index < -0.39 is 10.0 Å². The molecular formula is C12H22N4O2S2. The van der Waals surface area contributed by atoms with Gasteiger partial charge in [-0.2, -0.15) is 16.9 Å². The number of rotatable bonds is 7. The van der Waals surface area contributed by atoms with Gasteiger partial charge in [0.05, 0.1) is 12.7 Å². The standard InChI is InChI=1S/C12H22N4O2S2/c1-13-5-6-16-9-12(8-14-16)20(17,18)15-10-3-4-11(7-10)19-2/h8-11,13,15H,3-7H2,1-2H3. The van der Waals surface area contributed by atoms with Crippen LogP contribution in [0.15, 0.2) is 17.3 Å². The maximum Gasteiger partial charge on any atom is 0.243 e. The fourth-order valence-corrected chi connectivity index (χ4v) is 4.41. The Hall–Kier alpha value is -0.570. The Morgan fingerprint density at radius 3 is 2.95 bits per heavy atom. The zero-order chi connectivity index (χ0) is 14.6. The summed E-state index contributed by atoms with van der Waals surface area (Å²) in [5.41, 5.74) is 0. The summed E-state index contributed by atoms with van der Waals surface area (Å²) in [6.07, 6.45) is 7.98. The first-order valence-corrected chi connectivity index (χ1v) is 9.54. The normalized spacial score (nSPS) is 23.3. The molecule has 0 aromatic carbocycles. The lowest BCUT2D eigenvalue weighted by Crippen LogP contribution is -2.33. The van der Waals surface area contributed by atoms with Crippen LogP contribution in [0.2, 0.25) is 0 Å². The molecule has 0 bridgehead atoms. The lowest BCUT2D eigenvalue weighted by molar-refractivity contribution is 0.551. The monoisotopic (exact) mass is 318 g/mol. The minimum atomic E-state index is -3.44. The van der Waals surface area contributed by atoms with E-state index in [-0.39, 0.29) is 10.9 Å². The van der Waals surface area contributed by atoms with E-state index in [1.54, 1.807) is 10.9 Å².